The summed E-state index contributed by atoms with van der Waals surface area (Å²) in [5, 5.41) is 9.91. The van der Waals surface area contributed by atoms with Crippen molar-refractivity contribution in [2.45, 2.75) is 32.2 Å². The minimum absolute atomic E-state index is 0.121. The first kappa shape index (κ1) is 12.0. The monoisotopic (exact) mass is 255 g/mol. The quantitative estimate of drug-likeness (QED) is 0.882. The Bertz CT molecular complexity index is 599. The van der Waals surface area contributed by atoms with Crippen LogP contribution >= 0.6 is 0 Å². The zero-order valence-corrected chi connectivity index (χ0v) is 10.9. The van der Waals surface area contributed by atoms with E-state index >= 15 is 0 Å². The molecule has 1 amide bonds. The lowest BCUT2D eigenvalue weighted by molar-refractivity contribution is 0.0946. The molecule has 0 spiro atoms. The van der Waals surface area contributed by atoms with E-state index in [1.54, 1.807) is 0 Å². The van der Waals surface area contributed by atoms with Gasteiger partial charge in [0.15, 0.2) is 0 Å². The second-order valence-electron chi connectivity index (χ2n) is 5.15. The van der Waals surface area contributed by atoms with Gasteiger partial charge in [0.25, 0.3) is 5.91 Å². The van der Waals surface area contributed by atoms with E-state index in [9.17, 15) is 4.79 Å². The van der Waals surface area contributed by atoms with Crippen LogP contribution in [0.15, 0.2) is 30.3 Å². The van der Waals surface area contributed by atoms with Gasteiger partial charge < -0.3 is 5.32 Å². The van der Waals surface area contributed by atoms with Crippen LogP contribution in [-0.4, -0.2) is 16.1 Å². The normalized spacial score (nSPS) is 14.4. The number of nitrogens with one attached hydrogen (secondary N) is 2. The number of carbonyl (C=O) groups is 1. The SMILES string of the molecule is Cc1cccc(CNC(=O)c2cc(C3CC3)[nH]n2)c1. The van der Waals surface area contributed by atoms with E-state index in [1.165, 1.54) is 18.4 Å². The first-order valence-electron chi connectivity index (χ1n) is 6.61. The number of nitrogens with zero attached hydrogens (tertiary/aromatic N) is 1. The third kappa shape index (κ3) is 2.84. The second-order valence-corrected chi connectivity index (χ2v) is 5.15. The van der Waals surface area contributed by atoms with Crippen molar-refractivity contribution < 1.29 is 4.79 Å². The standard InChI is InChI=1S/C15H17N3O/c1-10-3-2-4-11(7-10)9-16-15(19)14-8-13(17-18-14)12-5-6-12/h2-4,7-8,12H,5-6,9H2,1H3,(H,16,19)(H,17,18). The van der Waals surface area contributed by atoms with Crippen LogP contribution in [0.5, 0.6) is 0 Å². The third-order valence-corrected chi connectivity index (χ3v) is 3.38. The maximum absolute atomic E-state index is 12.0. The van der Waals surface area contributed by atoms with Gasteiger partial charge in [0.2, 0.25) is 0 Å². The Morgan fingerprint density at radius 2 is 2.26 bits per heavy atom. The Kier molecular flexibility index (Phi) is 3.07. The van der Waals surface area contributed by atoms with Gasteiger partial charge in [-0.1, -0.05) is 29.8 Å². The van der Waals surface area contributed by atoms with E-state index in [1.807, 2.05) is 31.2 Å². The second kappa shape index (κ2) is 4.88. The molecular formula is C15H17N3O. The van der Waals surface area contributed by atoms with Crippen LogP contribution in [0.4, 0.5) is 0 Å². The smallest absolute Gasteiger partial charge is 0.272 e. The van der Waals surface area contributed by atoms with E-state index in [4.69, 9.17) is 0 Å². The van der Waals surface area contributed by atoms with E-state index in [0.717, 1.165) is 11.3 Å². The van der Waals surface area contributed by atoms with Gasteiger partial charge in [-0.25, -0.2) is 0 Å². The summed E-state index contributed by atoms with van der Waals surface area (Å²) in [5.74, 6) is 0.468. The maximum atomic E-state index is 12.0. The molecule has 1 saturated carbocycles. The fourth-order valence-corrected chi connectivity index (χ4v) is 2.15. The minimum Gasteiger partial charge on any atom is -0.347 e. The molecule has 1 aliphatic rings. The molecule has 19 heavy (non-hydrogen) atoms. The molecule has 3 rings (SSSR count). The van der Waals surface area contributed by atoms with Crippen molar-refractivity contribution in [3.8, 4) is 0 Å². The molecule has 1 aromatic heterocycles. The highest BCUT2D eigenvalue weighted by Gasteiger charge is 2.26. The Morgan fingerprint density at radius 3 is 3.00 bits per heavy atom. The van der Waals surface area contributed by atoms with E-state index < -0.39 is 0 Å². The maximum Gasteiger partial charge on any atom is 0.272 e. The van der Waals surface area contributed by atoms with E-state index in [-0.39, 0.29) is 5.91 Å². The fraction of sp³-hybridized carbons (Fsp3) is 0.333. The minimum atomic E-state index is -0.121. The predicted molar refractivity (Wildman–Crippen MR) is 72.9 cm³/mol. The van der Waals surface area contributed by atoms with Gasteiger partial charge >= 0.3 is 0 Å². The zero-order valence-electron chi connectivity index (χ0n) is 10.9. The highest BCUT2D eigenvalue weighted by molar-refractivity contribution is 5.92. The van der Waals surface area contributed by atoms with Crippen LogP contribution in [0.25, 0.3) is 0 Å². The number of aromatic nitrogens is 2. The molecule has 1 fully saturated rings. The Morgan fingerprint density at radius 1 is 1.42 bits per heavy atom. The molecule has 0 bridgehead atoms. The molecule has 1 aromatic carbocycles. The van der Waals surface area contributed by atoms with Gasteiger partial charge in [0.05, 0.1) is 0 Å². The molecule has 0 unspecified atom stereocenters. The molecule has 98 valence electrons. The molecule has 1 aliphatic carbocycles. The molecule has 0 saturated heterocycles. The van der Waals surface area contributed by atoms with Crippen LogP contribution < -0.4 is 5.32 Å². The number of hydrogen-bond acceptors (Lipinski definition) is 2. The van der Waals surface area contributed by atoms with Crippen LogP contribution in [0.3, 0.4) is 0 Å². The van der Waals surface area contributed by atoms with Crippen molar-refractivity contribution >= 4 is 5.91 Å². The summed E-state index contributed by atoms with van der Waals surface area (Å²) in [6.45, 7) is 2.58. The molecule has 0 atom stereocenters. The summed E-state index contributed by atoms with van der Waals surface area (Å²) in [6.07, 6.45) is 2.40. The molecular weight excluding hydrogens is 238 g/mol. The first-order chi connectivity index (χ1) is 9.22. The molecule has 4 heteroatoms. The molecule has 0 aliphatic heterocycles. The van der Waals surface area contributed by atoms with Crippen molar-refractivity contribution in [3.05, 3.63) is 52.8 Å². The number of amides is 1. The summed E-state index contributed by atoms with van der Waals surface area (Å²) in [4.78, 5) is 12.0. The number of H-pyrrole nitrogens is 1. The van der Waals surface area contributed by atoms with Crippen molar-refractivity contribution in [2.75, 3.05) is 0 Å². The molecule has 4 nitrogen and oxygen atoms in total. The van der Waals surface area contributed by atoms with Gasteiger partial charge in [0.1, 0.15) is 5.69 Å². The Hall–Kier alpha value is -2.10. The highest BCUT2D eigenvalue weighted by atomic mass is 16.1. The van der Waals surface area contributed by atoms with E-state index in [2.05, 4.69) is 21.6 Å². The van der Waals surface area contributed by atoms with Gasteiger partial charge in [-0.2, -0.15) is 5.10 Å². The van der Waals surface area contributed by atoms with Crippen LogP contribution in [0.1, 0.15) is 46.1 Å². The molecule has 2 N–H and O–H groups in total. The van der Waals surface area contributed by atoms with Crippen molar-refractivity contribution in [1.29, 1.82) is 0 Å². The summed E-state index contributed by atoms with van der Waals surface area (Å²) in [6, 6.07) is 9.98. The Balaban J connectivity index is 1.61. The van der Waals surface area contributed by atoms with Gasteiger partial charge in [-0.3, -0.25) is 9.89 Å². The lowest BCUT2D eigenvalue weighted by Gasteiger charge is -2.04. The predicted octanol–water partition coefficient (Wildman–Crippen LogP) is 2.53. The highest BCUT2D eigenvalue weighted by Crippen LogP contribution is 2.38. The number of benzene rings is 1. The molecule has 0 radical (unpaired) electrons. The average Bonchev–Trinajstić information content (AvgIpc) is 3.14. The summed E-state index contributed by atoms with van der Waals surface area (Å²) in [7, 11) is 0. The lowest BCUT2D eigenvalue weighted by atomic mass is 10.1. The number of aromatic amines is 1. The number of aryl methyl sites for hydroxylation is 1. The van der Waals surface area contributed by atoms with Crippen molar-refractivity contribution in [2.24, 2.45) is 0 Å². The average molecular weight is 255 g/mol. The van der Waals surface area contributed by atoms with Crippen LogP contribution in [-0.2, 0) is 6.54 Å². The Labute approximate surface area is 112 Å². The summed E-state index contributed by atoms with van der Waals surface area (Å²) < 4.78 is 0. The van der Waals surface area contributed by atoms with Crippen molar-refractivity contribution in [1.82, 2.24) is 15.5 Å². The molecule has 1 heterocycles. The number of hydrogen-bond donors (Lipinski definition) is 2. The number of carbonyl (C=O) groups excluding carboxylic acids is 1. The van der Waals surface area contributed by atoms with E-state index in [0.29, 0.717) is 18.2 Å². The summed E-state index contributed by atoms with van der Waals surface area (Å²) in [5.41, 5.74) is 3.86. The zero-order chi connectivity index (χ0) is 13.2. The van der Waals surface area contributed by atoms with Crippen LogP contribution in [0, 0.1) is 6.92 Å². The molecule has 2 aromatic rings. The topological polar surface area (TPSA) is 57.8 Å². The third-order valence-electron chi connectivity index (χ3n) is 3.38. The number of rotatable bonds is 4. The van der Waals surface area contributed by atoms with Gasteiger partial charge in [-0.05, 0) is 31.4 Å². The van der Waals surface area contributed by atoms with Crippen molar-refractivity contribution in [3.63, 3.8) is 0 Å². The fourth-order valence-electron chi connectivity index (χ4n) is 2.15. The van der Waals surface area contributed by atoms with Gasteiger partial charge in [-0.15, -0.1) is 0 Å². The van der Waals surface area contributed by atoms with Gasteiger partial charge in [0, 0.05) is 18.2 Å². The van der Waals surface area contributed by atoms with Crippen LogP contribution in [0.2, 0.25) is 0 Å². The first-order valence-corrected chi connectivity index (χ1v) is 6.61. The largest absolute Gasteiger partial charge is 0.347 e. The summed E-state index contributed by atoms with van der Waals surface area (Å²) >= 11 is 0. The lowest BCUT2D eigenvalue weighted by Crippen LogP contribution is -2.23.